The molecule has 2 heterocycles. The Morgan fingerprint density at radius 1 is 1.24 bits per heavy atom. The van der Waals surface area contributed by atoms with Gasteiger partial charge in [0.2, 0.25) is 10.0 Å². The molecule has 1 aliphatic rings. The van der Waals surface area contributed by atoms with Crippen molar-refractivity contribution in [1.82, 2.24) is 9.21 Å². The van der Waals surface area contributed by atoms with Crippen molar-refractivity contribution < 1.29 is 12.8 Å². The van der Waals surface area contributed by atoms with Crippen LogP contribution in [0.5, 0.6) is 0 Å². The smallest absolute Gasteiger partial charge is 0.246 e. The van der Waals surface area contributed by atoms with E-state index in [2.05, 4.69) is 25.7 Å². The second kappa shape index (κ2) is 5.91. The molecule has 0 atom stereocenters. The molecule has 0 aromatic carbocycles. The number of hydrogen-bond acceptors (Lipinski definition) is 4. The molecule has 0 saturated carbocycles. The van der Waals surface area contributed by atoms with Gasteiger partial charge in [-0.1, -0.05) is 0 Å². The maximum Gasteiger partial charge on any atom is 0.246 e. The van der Waals surface area contributed by atoms with E-state index < -0.39 is 10.0 Å². The molecule has 1 fully saturated rings. The lowest BCUT2D eigenvalue weighted by Gasteiger charge is -2.41. The van der Waals surface area contributed by atoms with Crippen molar-refractivity contribution >= 4 is 21.6 Å². The zero-order valence-corrected chi connectivity index (χ0v) is 14.6. The summed E-state index contributed by atoms with van der Waals surface area (Å²) >= 11 is 5.71. The number of sulfonamides is 1. The zero-order valence-electron chi connectivity index (χ0n) is 13.0. The molecule has 7 heteroatoms. The quantitative estimate of drug-likeness (QED) is 0.797. The van der Waals surface area contributed by atoms with Crippen LogP contribution in [0.2, 0.25) is 0 Å². The molecular formula is C14H23ClN2O3S. The second-order valence-electron chi connectivity index (χ2n) is 6.33. The first-order chi connectivity index (χ1) is 9.66. The van der Waals surface area contributed by atoms with E-state index in [1.54, 1.807) is 6.92 Å². The highest BCUT2D eigenvalue weighted by Crippen LogP contribution is 2.26. The number of aryl methyl sites for hydroxylation is 1. The van der Waals surface area contributed by atoms with Gasteiger partial charge in [-0.15, -0.1) is 11.6 Å². The third-order valence-electron chi connectivity index (χ3n) is 3.86. The summed E-state index contributed by atoms with van der Waals surface area (Å²) in [4.78, 5) is 2.54. The molecule has 0 amide bonds. The van der Waals surface area contributed by atoms with Crippen LogP contribution in [0, 0.1) is 6.92 Å². The third kappa shape index (κ3) is 3.44. The van der Waals surface area contributed by atoms with E-state index in [1.807, 2.05) is 0 Å². The molecule has 0 spiro atoms. The Bertz CT molecular complexity index is 596. The summed E-state index contributed by atoms with van der Waals surface area (Å²) in [6, 6.07) is 1.54. The van der Waals surface area contributed by atoms with Crippen molar-refractivity contribution in [3.63, 3.8) is 0 Å². The minimum atomic E-state index is -3.50. The molecule has 1 saturated heterocycles. The fraction of sp³-hybridized carbons (Fsp3) is 0.714. The van der Waals surface area contributed by atoms with Gasteiger partial charge < -0.3 is 4.42 Å². The molecule has 0 unspecified atom stereocenters. The zero-order chi connectivity index (χ0) is 15.8. The van der Waals surface area contributed by atoms with Crippen molar-refractivity contribution in [2.75, 3.05) is 26.2 Å². The number of hydrogen-bond donors (Lipinski definition) is 0. The fourth-order valence-electron chi connectivity index (χ4n) is 2.58. The molecule has 2 rings (SSSR count). The molecule has 0 N–H and O–H groups in total. The van der Waals surface area contributed by atoms with E-state index in [-0.39, 0.29) is 16.3 Å². The molecule has 5 nitrogen and oxygen atoms in total. The number of furan rings is 1. The normalized spacial score (nSPS) is 19.1. The van der Waals surface area contributed by atoms with Gasteiger partial charge in [0, 0.05) is 37.8 Å². The fourth-order valence-corrected chi connectivity index (χ4v) is 4.32. The van der Waals surface area contributed by atoms with Crippen LogP contribution in [0.1, 0.15) is 32.3 Å². The first kappa shape index (κ1) is 16.8. The molecule has 0 bridgehead atoms. The van der Waals surface area contributed by atoms with Gasteiger partial charge in [0.25, 0.3) is 0 Å². The molecule has 1 aromatic heterocycles. The Labute approximate surface area is 131 Å². The van der Waals surface area contributed by atoms with Crippen molar-refractivity contribution in [2.24, 2.45) is 0 Å². The largest absolute Gasteiger partial charge is 0.464 e. The average Bonchev–Trinajstić information content (AvgIpc) is 2.80. The topological polar surface area (TPSA) is 53.8 Å². The van der Waals surface area contributed by atoms with E-state index in [0.717, 1.165) is 13.1 Å². The summed E-state index contributed by atoms with van der Waals surface area (Å²) in [5, 5.41) is 0. The lowest BCUT2D eigenvalue weighted by atomic mass is 10.1. The monoisotopic (exact) mass is 334 g/mol. The average molecular weight is 335 g/mol. The predicted molar refractivity (Wildman–Crippen MR) is 83.1 cm³/mol. The van der Waals surface area contributed by atoms with Gasteiger partial charge in [0.15, 0.2) is 0 Å². The molecule has 0 aliphatic carbocycles. The highest BCUT2D eigenvalue weighted by molar-refractivity contribution is 7.89. The number of rotatable bonds is 3. The maximum atomic E-state index is 12.7. The molecular weight excluding hydrogens is 312 g/mol. The summed E-state index contributed by atoms with van der Waals surface area (Å²) in [5.41, 5.74) is 0.0627. The molecule has 0 radical (unpaired) electrons. The SMILES string of the molecule is Cc1oc(CCl)cc1S(=O)(=O)N1CCN(C(C)(C)C)CC1. The van der Waals surface area contributed by atoms with E-state index >= 15 is 0 Å². The Morgan fingerprint density at radius 2 is 1.81 bits per heavy atom. The van der Waals surface area contributed by atoms with Gasteiger partial charge in [-0.25, -0.2) is 8.42 Å². The van der Waals surface area contributed by atoms with Crippen LogP contribution >= 0.6 is 11.6 Å². The lowest BCUT2D eigenvalue weighted by Crippen LogP contribution is -2.54. The van der Waals surface area contributed by atoms with E-state index in [4.69, 9.17) is 16.0 Å². The van der Waals surface area contributed by atoms with Crippen LogP contribution in [0.3, 0.4) is 0 Å². The van der Waals surface area contributed by atoms with E-state index in [9.17, 15) is 8.42 Å². The van der Waals surface area contributed by atoms with Crippen molar-refractivity contribution in [3.05, 3.63) is 17.6 Å². The summed E-state index contributed by atoms with van der Waals surface area (Å²) < 4.78 is 32.3. The number of halogens is 1. The van der Waals surface area contributed by atoms with Crippen LogP contribution in [0.4, 0.5) is 0 Å². The van der Waals surface area contributed by atoms with Crippen LogP contribution in [-0.4, -0.2) is 49.3 Å². The molecule has 120 valence electrons. The minimum absolute atomic E-state index is 0.0627. The van der Waals surface area contributed by atoms with Gasteiger partial charge in [0.05, 0.1) is 5.88 Å². The molecule has 1 aliphatic heterocycles. The predicted octanol–water partition coefficient (Wildman–Crippen LogP) is 2.43. The Morgan fingerprint density at radius 3 is 2.24 bits per heavy atom. The highest BCUT2D eigenvalue weighted by atomic mass is 35.5. The Hall–Kier alpha value is -0.560. The minimum Gasteiger partial charge on any atom is -0.464 e. The van der Waals surface area contributed by atoms with Gasteiger partial charge in [-0.2, -0.15) is 4.31 Å². The molecule has 21 heavy (non-hydrogen) atoms. The van der Waals surface area contributed by atoms with E-state index in [1.165, 1.54) is 10.4 Å². The maximum absolute atomic E-state index is 12.7. The van der Waals surface area contributed by atoms with Gasteiger partial charge >= 0.3 is 0 Å². The standard InChI is InChI=1S/C14H23ClN2O3S/c1-11-13(9-12(10-15)20-11)21(18,19)17-7-5-16(6-8-17)14(2,3)4/h9H,5-8,10H2,1-4H3. The number of nitrogens with zero attached hydrogens (tertiary/aromatic N) is 2. The van der Waals surface area contributed by atoms with Crippen molar-refractivity contribution in [2.45, 2.75) is 44.0 Å². The summed E-state index contributed by atoms with van der Waals surface area (Å²) in [6.07, 6.45) is 0. The van der Waals surface area contributed by atoms with Crippen molar-refractivity contribution in [3.8, 4) is 0 Å². The van der Waals surface area contributed by atoms with Crippen LogP contribution < -0.4 is 0 Å². The third-order valence-corrected chi connectivity index (χ3v) is 6.13. The van der Waals surface area contributed by atoms with Gasteiger partial charge in [0.1, 0.15) is 16.4 Å². The first-order valence-electron chi connectivity index (χ1n) is 7.06. The number of alkyl halides is 1. The first-order valence-corrected chi connectivity index (χ1v) is 9.04. The van der Waals surface area contributed by atoms with Gasteiger partial charge in [-0.05, 0) is 27.7 Å². The Balaban J connectivity index is 2.17. The van der Waals surface area contributed by atoms with Crippen molar-refractivity contribution in [1.29, 1.82) is 0 Å². The summed E-state index contributed by atoms with van der Waals surface area (Å²) in [6.45, 7) is 10.6. The second-order valence-corrected chi connectivity index (χ2v) is 8.50. The van der Waals surface area contributed by atoms with Crippen LogP contribution in [0.25, 0.3) is 0 Å². The van der Waals surface area contributed by atoms with Crippen LogP contribution in [-0.2, 0) is 15.9 Å². The number of piperazine rings is 1. The van der Waals surface area contributed by atoms with Gasteiger partial charge in [-0.3, -0.25) is 4.90 Å². The summed E-state index contributed by atoms with van der Waals surface area (Å²) in [7, 11) is -3.50. The van der Waals surface area contributed by atoms with Crippen LogP contribution in [0.15, 0.2) is 15.4 Å². The van der Waals surface area contributed by atoms with E-state index in [0.29, 0.717) is 24.6 Å². The molecule has 1 aromatic rings. The summed E-state index contributed by atoms with van der Waals surface area (Å²) in [5.74, 6) is 1.07. The Kier molecular flexibility index (Phi) is 4.73. The lowest BCUT2D eigenvalue weighted by molar-refractivity contribution is 0.0921. The highest BCUT2D eigenvalue weighted by Gasteiger charge is 2.34.